The predicted molar refractivity (Wildman–Crippen MR) is 107 cm³/mol. The SMILES string of the molecule is COc1ccc(COC(=O)c2ccc(S(=O)(=O)N3C[C@H](C)O[C@@H](C)C3)cc2)cc1. The van der Waals surface area contributed by atoms with Gasteiger partial charge in [0.25, 0.3) is 0 Å². The summed E-state index contributed by atoms with van der Waals surface area (Å²) in [4.78, 5) is 12.4. The Morgan fingerprint density at radius 3 is 2.17 bits per heavy atom. The van der Waals surface area contributed by atoms with Crippen LogP contribution in [0.3, 0.4) is 0 Å². The number of rotatable bonds is 6. The van der Waals surface area contributed by atoms with Gasteiger partial charge in [0, 0.05) is 13.1 Å². The van der Waals surface area contributed by atoms with Crippen LogP contribution in [0.25, 0.3) is 0 Å². The molecule has 2 aromatic carbocycles. The van der Waals surface area contributed by atoms with Crippen molar-refractivity contribution in [3.63, 3.8) is 0 Å². The predicted octanol–water partition coefficient (Wildman–Crippen LogP) is 2.85. The van der Waals surface area contributed by atoms with Gasteiger partial charge in [-0.1, -0.05) is 12.1 Å². The molecule has 0 N–H and O–H groups in total. The quantitative estimate of drug-likeness (QED) is 0.670. The van der Waals surface area contributed by atoms with E-state index in [2.05, 4.69) is 0 Å². The molecular formula is C21H25NO6S. The van der Waals surface area contributed by atoms with Crippen LogP contribution in [0.5, 0.6) is 5.75 Å². The van der Waals surface area contributed by atoms with Crippen molar-refractivity contribution in [3.8, 4) is 5.75 Å². The second kappa shape index (κ2) is 8.94. The minimum Gasteiger partial charge on any atom is -0.497 e. The monoisotopic (exact) mass is 419 g/mol. The molecule has 0 amide bonds. The molecule has 156 valence electrons. The van der Waals surface area contributed by atoms with Crippen LogP contribution in [-0.2, 0) is 26.1 Å². The molecule has 2 aromatic rings. The number of methoxy groups -OCH3 is 1. The van der Waals surface area contributed by atoms with Crippen LogP contribution in [0, 0.1) is 0 Å². The molecular weight excluding hydrogens is 394 g/mol. The Labute approximate surface area is 171 Å². The molecule has 1 aliphatic rings. The third kappa shape index (κ3) is 5.14. The van der Waals surface area contributed by atoms with Crippen molar-refractivity contribution in [1.29, 1.82) is 0 Å². The summed E-state index contributed by atoms with van der Waals surface area (Å²) in [6.45, 7) is 4.42. The van der Waals surface area contributed by atoms with E-state index in [9.17, 15) is 13.2 Å². The molecule has 0 unspecified atom stereocenters. The van der Waals surface area contributed by atoms with Gasteiger partial charge in [0.1, 0.15) is 12.4 Å². The fourth-order valence-electron chi connectivity index (χ4n) is 3.19. The number of nitrogens with zero attached hydrogens (tertiary/aromatic N) is 1. The highest BCUT2D eigenvalue weighted by Crippen LogP contribution is 2.22. The Kier molecular flexibility index (Phi) is 6.56. The molecule has 1 heterocycles. The van der Waals surface area contributed by atoms with Crippen LogP contribution in [0.4, 0.5) is 0 Å². The molecule has 0 radical (unpaired) electrons. The molecule has 1 fully saturated rings. The summed E-state index contributed by atoms with van der Waals surface area (Å²) in [7, 11) is -2.06. The number of carbonyl (C=O) groups excluding carboxylic acids is 1. The normalized spacial score (nSPS) is 20.2. The van der Waals surface area contributed by atoms with Gasteiger partial charge in [0.2, 0.25) is 10.0 Å². The van der Waals surface area contributed by atoms with Gasteiger partial charge in [-0.05, 0) is 55.8 Å². The van der Waals surface area contributed by atoms with Gasteiger partial charge in [0.05, 0.1) is 29.8 Å². The molecule has 0 aromatic heterocycles. The first-order valence-corrected chi connectivity index (χ1v) is 10.8. The molecule has 0 spiro atoms. The minimum absolute atomic E-state index is 0.117. The highest BCUT2D eigenvalue weighted by atomic mass is 32.2. The molecule has 2 atom stereocenters. The molecule has 0 aliphatic carbocycles. The average Bonchev–Trinajstić information content (AvgIpc) is 2.71. The highest BCUT2D eigenvalue weighted by molar-refractivity contribution is 7.89. The van der Waals surface area contributed by atoms with Gasteiger partial charge in [-0.2, -0.15) is 4.31 Å². The van der Waals surface area contributed by atoms with Crippen LogP contribution < -0.4 is 4.74 Å². The number of morpholine rings is 1. The molecule has 29 heavy (non-hydrogen) atoms. The van der Waals surface area contributed by atoms with Gasteiger partial charge < -0.3 is 14.2 Å². The molecule has 0 bridgehead atoms. The number of hydrogen-bond donors (Lipinski definition) is 0. The smallest absolute Gasteiger partial charge is 0.338 e. The maximum absolute atomic E-state index is 12.9. The summed E-state index contributed by atoms with van der Waals surface area (Å²) in [5, 5.41) is 0. The molecule has 1 saturated heterocycles. The van der Waals surface area contributed by atoms with Crippen LogP contribution in [0.2, 0.25) is 0 Å². The zero-order valence-electron chi connectivity index (χ0n) is 16.7. The lowest BCUT2D eigenvalue weighted by Gasteiger charge is -2.34. The molecule has 1 aliphatic heterocycles. The van der Waals surface area contributed by atoms with E-state index >= 15 is 0 Å². The second-order valence-electron chi connectivity index (χ2n) is 7.03. The number of esters is 1. The van der Waals surface area contributed by atoms with E-state index in [1.165, 1.54) is 28.6 Å². The van der Waals surface area contributed by atoms with E-state index in [4.69, 9.17) is 14.2 Å². The number of hydrogen-bond acceptors (Lipinski definition) is 6. The van der Waals surface area contributed by atoms with Crippen LogP contribution in [0.1, 0.15) is 29.8 Å². The van der Waals surface area contributed by atoms with Gasteiger partial charge in [0.15, 0.2) is 0 Å². The largest absolute Gasteiger partial charge is 0.497 e. The first-order valence-electron chi connectivity index (χ1n) is 9.35. The van der Waals surface area contributed by atoms with Crippen LogP contribution in [-0.4, -0.2) is 51.1 Å². The zero-order chi connectivity index (χ0) is 21.0. The summed E-state index contributed by atoms with van der Waals surface area (Å²) < 4.78 is 43.1. The van der Waals surface area contributed by atoms with Crippen molar-refractivity contribution in [2.75, 3.05) is 20.2 Å². The number of benzene rings is 2. The Balaban J connectivity index is 1.64. The second-order valence-corrected chi connectivity index (χ2v) is 8.97. The maximum Gasteiger partial charge on any atom is 0.338 e. The van der Waals surface area contributed by atoms with Crippen LogP contribution in [0.15, 0.2) is 53.4 Å². The fourth-order valence-corrected chi connectivity index (χ4v) is 4.78. The molecule has 7 nitrogen and oxygen atoms in total. The topological polar surface area (TPSA) is 82.1 Å². The first kappa shape index (κ1) is 21.3. The summed E-state index contributed by atoms with van der Waals surface area (Å²) in [6, 6.07) is 13.0. The lowest BCUT2D eigenvalue weighted by molar-refractivity contribution is -0.0440. The van der Waals surface area contributed by atoms with E-state index in [1.807, 2.05) is 26.0 Å². The lowest BCUT2D eigenvalue weighted by Crippen LogP contribution is -2.48. The van der Waals surface area contributed by atoms with Crippen molar-refractivity contribution in [3.05, 3.63) is 59.7 Å². The number of carbonyl (C=O) groups is 1. The summed E-state index contributed by atoms with van der Waals surface area (Å²) in [5.41, 5.74) is 1.12. The van der Waals surface area contributed by atoms with Crippen LogP contribution >= 0.6 is 0 Å². The summed E-state index contributed by atoms with van der Waals surface area (Å²) in [5.74, 6) is 0.208. The zero-order valence-corrected chi connectivity index (χ0v) is 17.5. The van der Waals surface area contributed by atoms with E-state index in [0.29, 0.717) is 18.7 Å². The van der Waals surface area contributed by atoms with Crippen molar-refractivity contribution in [2.24, 2.45) is 0 Å². The lowest BCUT2D eigenvalue weighted by atomic mass is 10.2. The molecule has 0 saturated carbocycles. The first-order chi connectivity index (χ1) is 13.8. The van der Waals surface area contributed by atoms with Gasteiger partial charge >= 0.3 is 5.97 Å². The number of sulfonamides is 1. The van der Waals surface area contributed by atoms with Gasteiger partial charge in [-0.25, -0.2) is 13.2 Å². The number of ether oxygens (including phenoxy) is 3. The summed E-state index contributed by atoms with van der Waals surface area (Å²) in [6.07, 6.45) is -0.332. The van der Waals surface area contributed by atoms with E-state index in [1.54, 1.807) is 19.2 Å². The molecule has 3 rings (SSSR count). The van der Waals surface area contributed by atoms with Crippen molar-refractivity contribution < 1.29 is 27.4 Å². The van der Waals surface area contributed by atoms with E-state index in [0.717, 1.165) is 11.3 Å². The Morgan fingerprint density at radius 1 is 1.03 bits per heavy atom. The Morgan fingerprint density at radius 2 is 1.62 bits per heavy atom. The van der Waals surface area contributed by atoms with Crippen molar-refractivity contribution in [2.45, 2.75) is 37.6 Å². The third-order valence-electron chi connectivity index (χ3n) is 4.64. The maximum atomic E-state index is 12.9. The van der Waals surface area contributed by atoms with E-state index < -0.39 is 16.0 Å². The standard InChI is InChI=1S/C21H25NO6S/c1-15-12-22(13-16(2)28-15)29(24,25)20-10-6-18(7-11-20)21(23)27-14-17-4-8-19(26-3)9-5-17/h4-11,15-16H,12-14H2,1-3H3/t15-,16-/m0/s1. The van der Waals surface area contributed by atoms with Crippen molar-refractivity contribution in [1.82, 2.24) is 4.31 Å². The third-order valence-corrected chi connectivity index (χ3v) is 6.49. The summed E-state index contributed by atoms with van der Waals surface area (Å²) >= 11 is 0. The average molecular weight is 419 g/mol. The van der Waals surface area contributed by atoms with E-state index in [-0.39, 0.29) is 23.7 Å². The highest BCUT2D eigenvalue weighted by Gasteiger charge is 2.32. The fraction of sp³-hybridized carbons (Fsp3) is 0.381. The Bertz CT molecular complexity index is 930. The van der Waals surface area contributed by atoms with Gasteiger partial charge in [-0.15, -0.1) is 0 Å². The minimum atomic E-state index is -3.64. The Hall–Kier alpha value is -2.42. The van der Waals surface area contributed by atoms with Crippen molar-refractivity contribution >= 4 is 16.0 Å². The van der Waals surface area contributed by atoms with Gasteiger partial charge in [-0.3, -0.25) is 0 Å². The molecule has 8 heteroatoms.